The first-order chi connectivity index (χ1) is 7.34. The Kier molecular flexibility index (Phi) is 3.37. The molecule has 0 saturated carbocycles. The van der Waals surface area contributed by atoms with Crippen LogP contribution in [0.25, 0.3) is 0 Å². The molecule has 3 N–H and O–H groups in total. The molecule has 0 atom stereocenters. The van der Waals surface area contributed by atoms with E-state index in [1.54, 1.807) is 12.4 Å². The second-order valence-corrected chi connectivity index (χ2v) is 3.67. The lowest BCUT2D eigenvalue weighted by atomic mass is 10.3. The molecule has 0 bridgehead atoms. The van der Waals surface area contributed by atoms with Gasteiger partial charge in [0.15, 0.2) is 0 Å². The minimum Gasteiger partial charge on any atom is -0.366 e. The summed E-state index contributed by atoms with van der Waals surface area (Å²) >= 11 is 0. The molecule has 2 heterocycles. The predicted molar refractivity (Wildman–Crippen MR) is 58.7 cm³/mol. The van der Waals surface area contributed by atoms with E-state index >= 15 is 0 Å². The van der Waals surface area contributed by atoms with Gasteiger partial charge >= 0.3 is 0 Å². The van der Waals surface area contributed by atoms with Crippen LogP contribution in [-0.2, 0) is 4.79 Å². The number of carbonyl (C=O) groups excluding carboxylic acids is 1. The number of aromatic nitrogens is 1. The lowest BCUT2D eigenvalue weighted by Crippen LogP contribution is -2.46. The molecule has 1 aromatic rings. The molecule has 5 heteroatoms. The van der Waals surface area contributed by atoms with Crippen LogP contribution in [0.15, 0.2) is 18.5 Å². The highest BCUT2D eigenvalue weighted by Crippen LogP contribution is 2.03. The fourth-order valence-corrected chi connectivity index (χ4v) is 1.67. The summed E-state index contributed by atoms with van der Waals surface area (Å²) in [6.45, 7) is 4.31. The normalized spacial score (nSPS) is 17.6. The van der Waals surface area contributed by atoms with Crippen molar-refractivity contribution in [3.63, 3.8) is 0 Å². The molecular weight excluding hydrogens is 192 g/mol. The summed E-state index contributed by atoms with van der Waals surface area (Å²) in [7, 11) is 0. The summed E-state index contributed by atoms with van der Waals surface area (Å²) < 4.78 is 0. The van der Waals surface area contributed by atoms with E-state index in [0.29, 0.717) is 6.54 Å². The summed E-state index contributed by atoms with van der Waals surface area (Å²) in [6.07, 6.45) is 3.57. The number of hydrogen-bond acceptors (Lipinski definition) is 3. The van der Waals surface area contributed by atoms with Crippen LogP contribution in [-0.4, -0.2) is 48.5 Å². The average molecular weight is 208 g/mol. The van der Waals surface area contributed by atoms with Crippen molar-refractivity contribution in [2.24, 2.45) is 0 Å². The fourth-order valence-electron chi connectivity index (χ4n) is 1.67. The van der Waals surface area contributed by atoms with Gasteiger partial charge in [0.1, 0.15) is 0 Å². The van der Waals surface area contributed by atoms with Crippen LogP contribution in [0.3, 0.4) is 0 Å². The van der Waals surface area contributed by atoms with Gasteiger partial charge in [-0.2, -0.15) is 0 Å². The molecule has 0 aromatic carbocycles. The number of piperazine rings is 1. The number of rotatable bonds is 3. The molecule has 1 aliphatic heterocycles. The Labute approximate surface area is 88.8 Å². The van der Waals surface area contributed by atoms with Crippen molar-refractivity contribution in [3.8, 4) is 0 Å². The van der Waals surface area contributed by atoms with Crippen molar-refractivity contribution in [3.05, 3.63) is 18.5 Å². The lowest BCUT2D eigenvalue weighted by Gasteiger charge is -2.26. The maximum atomic E-state index is 11.6. The minimum atomic E-state index is 0.0523. The summed E-state index contributed by atoms with van der Waals surface area (Å²) in [4.78, 5) is 16.6. The van der Waals surface area contributed by atoms with E-state index in [4.69, 9.17) is 0 Å². The third kappa shape index (κ3) is 3.07. The summed E-state index contributed by atoms with van der Waals surface area (Å²) in [5.41, 5.74) is 0.829. The Balaban J connectivity index is 1.76. The zero-order chi connectivity index (χ0) is 10.5. The van der Waals surface area contributed by atoms with Crippen LogP contribution in [0.1, 0.15) is 0 Å². The zero-order valence-electron chi connectivity index (χ0n) is 8.62. The lowest BCUT2D eigenvalue weighted by molar-refractivity contribution is -0.117. The van der Waals surface area contributed by atoms with Crippen molar-refractivity contribution in [2.45, 2.75) is 0 Å². The maximum Gasteiger partial charge on any atom is 0.238 e. The number of anilines is 1. The second-order valence-electron chi connectivity index (χ2n) is 3.67. The van der Waals surface area contributed by atoms with Gasteiger partial charge in [-0.05, 0) is 6.07 Å². The largest absolute Gasteiger partial charge is 0.366 e. The van der Waals surface area contributed by atoms with Gasteiger partial charge in [-0.1, -0.05) is 0 Å². The SMILES string of the molecule is O=C(CN1CCNCC1)Nc1cc[nH]c1. The molecule has 0 unspecified atom stereocenters. The molecule has 5 nitrogen and oxygen atoms in total. The molecule has 1 amide bonds. The van der Waals surface area contributed by atoms with E-state index in [1.807, 2.05) is 6.07 Å². The third-order valence-corrected chi connectivity index (χ3v) is 2.46. The molecule has 0 radical (unpaired) electrons. The van der Waals surface area contributed by atoms with E-state index in [1.165, 1.54) is 0 Å². The van der Waals surface area contributed by atoms with Gasteiger partial charge in [0.2, 0.25) is 5.91 Å². The Morgan fingerprint density at radius 1 is 1.47 bits per heavy atom. The van der Waals surface area contributed by atoms with Gasteiger partial charge in [0, 0.05) is 38.6 Å². The molecule has 1 fully saturated rings. The number of amides is 1. The van der Waals surface area contributed by atoms with E-state index < -0.39 is 0 Å². The molecule has 1 aromatic heterocycles. The van der Waals surface area contributed by atoms with Crippen LogP contribution in [0.2, 0.25) is 0 Å². The van der Waals surface area contributed by atoms with Gasteiger partial charge in [-0.25, -0.2) is 0 Å². The number of nitrogens with zero attached hydrogens (tertiary/aromatic N) is 1. The van der Waals surface area contributed by atoms with E-state index in [9.17, 15) is 4.79 Å². The van der Waals surface area contributed by atoms with Gasteiger partial charge < -0.3 is 15.6 Å². The highest BCUT2D eigenvalue weighted by atomic mass is 16.2. The molecule has 1 aliphatic rings. The first-order valence-corrected chi connectivity index (χ1v) is 5.20. The number of H-pyrrole nitrogens is 1. The van der Waals surface area contributed by atoms with Crippen molar-refractivity contribution in [1.82, 2.24) is 15.2 Å². The van der Waals surface area contributed by atoms with Crippen molar-refractivity contribution in [1.29, 1.82) is 0 Å². The average Bonchev–Trinajstić information content (AvgIpc) is 2.71. The van der Waals surface area contributed by atoms with Crippen LogP contribution in [0, 0.1) is 0 Å². The second kappa shape index (κ2) is 4.95. The molecule has 82 valence electrons. The molecule has 0 spiro atoms. The summed E-state index contributed by atoms with van der Waals surface area (Å²) in [5, 5.41) is 6.09. The van der Waals surface area contributed by atoms with Crippen LogP contribution >= 0.6 is 0 Å². The van der Waals surface area contributed by atoms with Gasteiger partial charge in [-0.3, -0.25) is 9.69 Å². The van der Waals surface area contributed by atoms with E-state index in [-0.39, 0.29) is 5.91 Å². The highest BCUT2D eigenvalue weighted by molar-refractivity contribution is 5.92. The highest BCUT2D eigenvalue weighted by Gasteiger charge is 2.13. The Morgan fingerprint density at radius 2 is 2.27 bits per heavy atom. The standard InChI is InChI=1S/C10H16N4O/c15-10(13-9-1-2-12-7-9)8-14-5-3-11-4-6-14/h1-2,7,11-12H,3-6,8H2,(H,13,15). The fraction of sp³-hybridized carbons (Fsp3) is 0.500. The number of aromatic amines is 1. The maximum absolute atomic E-state index is 11.6. The Bertz CT molecular complexity index is 303. The molecular formula is C10H16N4O. The topological polar surface area (TPSA) is 60.2 Å². The van der Waals surface area contributed by atoms with Crippen molar-refractivity contribution in [2.75, 3.05) is 38.0 Å². The monoisotopic (exact) mass is 208 g/mol. The van der Waals surface area contributed by atoms with Crippen molar-refractivity contribution < 1.29 is 4.79 Å². The van der Waals surface area contributed by atoms with E-state index in [0.717, 1.165) is 31.9 Å². The summed E-state index contributed by atoms with van der Waals surface area (Å²) in [6, 6.07) is 1.84. The zero-order valence-corrected chi connectivity index (χ0v) is 8.62. The molecule has 0 aliphatic carbocycles. The summed E-state index contributed by atoms with van der Waals surface area (Å²) in [5.74, 6) is 0.0523. The van der Waals surface area contributed by atoms with E-state index in [2.05, 4.69) is 20.5 Å². The predicted octanol–water partition coefficient (Wildman–Crippen LogP) is -0.142. The third-order valence-electron chi connectivity index (χ3n) is 2.46. The van der Waals surface area contributed by atoms with Gasteiger partial charge in [0.25, 0.3) is 0 Å². The van der Waals surface area contributed by atoms with Crippen LogP contribution in [0.4, 0.5) is 5.69 Å². The Hall–Kier alpha value is -1.33. The molecule has 1 saturated heterocycles. The van der Waals surface area contributed by atoms with Crippen LogP contribution in [0.5, 0.6) is 0 Å². The smallest absolute Gasteiger partial charge is 0.238 e. The first-order valence-electron chi connectivity index (χ1n) is 5.20. The molecule has 15 heavy (non-hydrogen) atoms. The van der Waals surface area contributed by atoms with Gasteiger partial charge in [0.05, 0.1) is 12.2 Å². The Morgan fingerprint density at radius 3 is 2.93 bits per heavy atom. The number of carbonyl (C=O) groups is 1. The number of nitrogens with one attached hydrogen (secondary N) is 3. The first kappa shape index (κ1) is 10.2. The van der Waals surface area contributed by atoms with Crippen LogP contribution < -0.4 is 10.6 Å². The minimum absolute atomic E-state index is 0.0523. The number of hydrogen-bond donors (Lipinski definition) is 3. The van der Waals surface area contributed by atoms with Crippen molar-refractivity contribution >= 4 is 11.6 Å². The van der Waals surface area contributed by atoms with Gasteiger partial charge in [-0.15, -0.1) is 0 Å². The molecule has 2 rings (SSSR count). The quantitative estimate of drug-likeness (QED) is 0.648.